The molecule has 4 aliphatic rings. The summed E-state index contributed by atoms with van der Waals surface area (Å²) in [4.78, 5) is 113. The van der Waals surface area contributed by atoms with Gasteiger partial charge in [-0.2, -0.15) is 0 Å². The molecule has 4 amide bonds. The lowest BCUT2D eigenvalue weighted by Crippen LogP contribution is -2.55. The summed E-state index contributed by atoms with van der Waals surface area (Å²) >= 11 is 0. The third-order valence-corrected chi connectivity index (χ3v) is 13.5. The van der Waals surface area contributed by atoms with Crippen LogP contribution in [0.4, 0.5) is 16.2 Å². The third-order valence-electron chi connectivity index (χ3n) is 13.5. The largest absolute Gasteiger partial charge is 0.464 e. The summed E-state index contributed by atoms with van der Waals surface area (Å²) in [5.41, 5.74) is -2.34. The number of nitro groups is 2. The molecule has 0 aromatic heterocycles. The first-order valence-corrected chi connectivity index (χ1v) is 26.1. The molecule has 0 radical (unpaired) electrons. The summed E-state index contributed by atoms with van der Waals surface area (Å²) in [6, 6.07) is 7.99. The molecule has 6 rings (SSSR count). The topological polar surface area (TPSA) is 297 Å². The van der Waals surface area contributed by atoms with Crippen LogP contribution in [0.5, 0.6) is 0 Å². The number of hydrogen-bond donors (Lipinski definition) is 4. The first-order chi connectivity index (χ1) is 37.3. The Kier molecular flexibility index (Phi) is 24.3. The Balaban J connectivity index is 0.000000303. The number of likely N-dealkylation sites (tertiary alicyclic amines) is 1. The number of ether oxygens (including phenoxy) is 4. The monoisotopic (exact) mass is 1090 g/mol. The molecule has 2 aliphatic carbocycles. The molecule has 4 N–H and O–H groups in total. The second-order valence-corrected chi connectivity index (χ2v) is 19.1. The Morgan fingerprint density at radius 2 is 1.19 bits per heavy atom. The van der Waals surface area contributed by atoms with Gasteiger partial charge in [-0.05, 0) is 103 Å². The number of amides is 4. The van der Waals surface area contributed by atoms with E-state index >= 15 is 0 Å². The van der Waals surface area contributed by atoms with E-state index in [1.54, 1.807) is 39.1 Å². The lowest BCUT2D eigenvalue weighted by atomic mass is 10.1. The van der Waals surface area contributed by atoms with Crippen molar-refractivity contribution in [3.05, 3.63) is 131 Å². The smallest absolute Gasteiger partial charge is 0.338 e. The molecule has 0 bridgehead atoms. The minimum atomic E-state index is -1.24. The van der Waals surface area contributed by atoms with Gasteiger partial charge in [0.1, 0.15) is 29.3 Å². The molecular weight excluding hydrogens is 1010 g/mol. The lowest BCUT2D eigenvalue weighted by molar-refractivity contribution is -0.385. The van der Waals surface area contributed by atoms with Crippen molar-refractivity contribution in [1.82, 2.24) is 31.1 Å². The number of benzene rings is 2. The van der Waals surface area contributed by atoms with Crippen LogP contribution in [0.2, 0.25) is 0 Å². The number of esters is 4. The number of carbonyl (C=O) groups is 7. The van der Waals surface area contributed by atoms with Crippen molar-refractivity contribution in [1.29, 1.82) is 0 Å². The molecular formula is C55H74N8O15. The van der Waals surface area contributed by atoms with E-state index in [0.29, 0.717) is 19.4 Å². The maximum atomic E-state index is 13.5. The third kappa shape index (κ3) is 17.1. The van der Waals surface area contributed by atoms with E-state index in [1.165, 1.54) is 71.2 Å². The number of non-ortho nitro benzene ring substituents is 2. The Bertz CT molecular complexity index is 2490. The van der Waals surface area contributed by atoms with Crippen molar-refractivity contribution in [2.24, 2.45) is 11.8 Å². The number of nitrogens with one attached hydrogen (secondary N) is 4. The first kappa shape index (κ1) is 62.7. The van der Waals surface area contributed by atoms with Gasteiger partial charge in [0.05, 0.1) is 46.8 Å². The zero-order valence-corrected chi connectivity index (χ0v) is 44.9. The fraction of sp³-hybridized carbons (Fsp3) is 0.509. The van der Waals surface area contributed by atoms with Crippen molar-refractivity contribution in [3.63, 3.8) is 0 Å². The maximum Gasteiger partial charge on any atom is 0.338 e. The van der Waals surface area contributed by atoms with Gasteiger partial charge in [0.25, 0.3) is 11.4 Å². The average Bonchev–Trinajstić information content (AvgIpc) is 4.35. The Morgan fingerprint density at radius 1 is 0.718 bits per heavy atom. The SMILES string of the molecule is C=CCCCCN(C)C(=O)N1C[C@@H](OC(=O)c2ccc([N+](=O)[O-])cc2)C[C@H]1C(=O)N[C@]1(C(=O)OCC)C[C@H]1C=C.C=CCCCCNC.C=C[C@@H]1C[C@]1(NC(=O)[C@@H]1C[C@H](OC(=O)c2ccc([N+](=O)[O-])cc2)CN1)C(=O)OCC. The van der Waals surface area contributed by atoms with Gasteiger partial charge < -0.3 is 50.0 Å². The molecule has 23 heteroatoms. The average molecular weight is 1090 g/mol. The second-order valence-electron chi connectivity index (χ2n) is 19.1. The van der Waals surface area contributed by atoms with Crippen LogP contribution in [0.3, 0.4) is 0 Å². The van der Waals surface area contributed by atoms with Gasteiger partial charge in [-0.15, -0.1) is 26.3 Å². The summed E-state index contributed by atoms with van der Waals surface area (Å²) in [5, 5.41) is 33.2. The van der Waals surface area contributed by atoms with Crippen LogP contribution in [-0.4, -0.2) is 150 Å². The van der Waals surface area contributed by atoms with Crippen LogP contribution >= 0.6 is 0 Å². The van der Waals surface area contributed by atoms with Gasteiger partial charge in [0.2, 0.25) is 11.8 Å². The van der Waals surface area contributed by atoms with Crippen LogP contribution in [0.15, 0.2) is 99.2 Å². The summed E-state index contributed by atoms with van der Waals surface area (Å²) in [5.74, 6) is -3.83. The molecule has 0 unspecified atom stereocenters. The van der Waals surface area contributed by atoms with Crippen molar-refractivity contribution in [3.8, 4) is 0 Å². The van der Waals surface area contributed by atoms with Crippen molar-refractivity contribution < 1.29 is 62.4 Å². The summed E-state index contributed by atoms with van der Waals surface area (Å²) in [6.07, 6.45) is 12.7. The second kappa shape index (κ2) is 30.2. The van der Waals surface area contributed by atoms with E-state index in [4.69, 9.17) is 18.9 Å². The van der Waals surface area contributed by atoms with Crippen molar-refractivity contribution in [2.75, 3.05) is 53.5 Å². The molecule has 4 fully saturated rings. The van der Waals surface area contributed by atoms with E-state index in [2.05, 4.69) is 47.6 Å². The zero-order valence-electron chi connectivity index (χ0n) is 44.9. The number of allylic oxidation sites excluding steroid dienone is 2. The predicted molar refractivity (Wildman–Crippen MR) is 288 cm³/mol. The number of unbranched alkanes of at least 4 members (excludes halogenated alkanes) is 4. The van der Waals surface area contributed by atoms with Gasteiger partial charge >= 0.3 is 29.9 Å². The molecule has 2 aliphatic heterocycles. The van der Waals surface area contributed by atoms with E-state index in [9.17, 15) is 53.8 Å². The number of carbonyl (C=O) groups excluding carboxylic acids is 7. The molecule has 2 heterocycles. The molecule has 0 spiro atoms. The number of nitrogens with zero attached hydrogens (tertiary/aromatic N) is 4. The van der Waals surface area contributed by atoms with Crippen molar-refractivity contribution in [2.45, 2.75) is 113 Å². The van der Waals surface area contributed by atoms with E-state index in [1.807, 2.05) is 13.1 Å². The zero-order chi connectivity index (χ0) is 57.6. The highest BCUT2D eigenvalue weighted by Crippen LogP contribution is 2.46. The van der Waals surface area contributed by atoms with Gasteiger partial charge in [-0.3, -0.25) is 29.8 Å². The van der Waals surface area contributed by atoms with Crippen LogP contribution in [0.1, 0.15) is 98.8 Å². The molecule has 2 aromatic carbocycles. The van der Waals surface area contributed by atoms with E-state index in [-0.39, 0.29) is 79.4 Å². The quantitative estimate of drug-likeness (QED) is 0.0213. The standard InChI is InChI=1S/C28H36N4O8.C20H23N3O7.C7H15N/c1-5-8-9-10-15-30(4)27(36)31-18-22(40-25(34)19-11-13-21(14-12-19)32(37)38)16-23(31)24(33)29-28(17-20(28)6-2)26(35)39-7-3;1-3-13-10-20(13,19(26)29-4-2)22-17(24)16-9-15(11-21-16)30-18(25)12-5-7-14(8-6-12)23(27)28;1-3-4-5-6-7-8-2/h5-6,11-14,20,22-23H,1-2,7-10,15-18H2,3-4H3,(H,29,33);3,5-8,13,15-16,21H,1,4,9-11H2,2H3,(H,22,24);3,8H,1,4-7H2,2H3/t20-,22+,23+,28-;13-,15+,16+,20-;/m11./s1. The number of urea groups is 1. The summed E-state index contributed by atoms with van der Waals surface area (Å²) in [6.45, 7) is 20.3. The first-order valence-electron chi connectivity index (χ1n) is 26.1. The maximum absolute atomic E-state index is 13.5. The normalized spacial score (nSPS) is 23.2. The van der Waals surface area contributed by atoms with E-state index in [0.717, 1.165) is 32.2 Å². The Morgan fingerprint density at radius 3 is 1.63 bits per heavy atom. The summed E-state index contributed by atoms with van der Waals surface area (Å²) in [7, 11) is 3.62. The van der Waals surface area contributed by atoms with Crippen LogP contribution in [0.25, 0.3) is 0 Å². The minimum Gasteiger partial charge on any atom is -0.464 e. The fourth-order valence-corrected chi connectivity index (χ4v) is 8.89. The molecule has 2 aromatic rings. The van der Waals surface area contributed by atoms with Gasteiger partial charge in [0.15, 0.2) is 0 Å². The molecule has 8 atom stereocenters. The van der Waals surface area contributed by atoms with Gasteiger partial charge in [-0.25, -0.2) is 24.0 Å². The van der Waals surface area contributed by atoms with Crippen LogP contribution < -0.4 is 21.3 Å². The van der Waals surface area contributed by atoms with Gasteiger partial charge in [-0.1, -0.05) is 24.3 Å². The van der Waals surface area contributed by atoms with E-state index < -0.39 is 81.0 Å². The molecule has 78 heavy (non-hydrogen) atoms. The molecule has 23 nitrogen and oxygen atoms in total. The molecule has 424 valence electrons. The van der Waals surface area contributed by atoms with Crippen LogP contribution in [-0.2, 0) is 38.1 Å². The fourth-order valence-electron chi connectivity index (χ4n) is 8.89. The predicted octanol–water partition coefficient (Wildman–Crippen LogP) is 5.89. The molecule has 2 saturated heterocycles. The number of rotatable bonds is 26. The lowest BCUT2D eigenvalue weighted by Gasteiger charge is -2.29. The number of nitro benzene ring substituents is 2. The van der Waals surface area contributed by atoms with Gasteiger partial charge in [0, 0.05) is 69.1 Å². The van der Waals surface area contributed by atoms with Crippen LogP contribution in [0, 0.1) is 32.1 Å². The number of hydrogen-bond acceptors (Lipinski definition) is 17. The highest BCUT2D eigenvalue weighted by molar-refractivity contribution is 5.96. The summed E-state index contributed by atoms with van der Waals surface area (Å²) < 4.78 is 21.3. The highest BCUT2D eigenvalue weighted by Gasteiger charge is 2.63. The Hall–Kier alpha value is -7.79. The minimum absolute atomic E-state index is 0.0122. The Labute approximate surface area is 454 Å². The molecule has 2 saturated carbocycles. The highest BCUT2D eigenvalue weighted by atomic mass is 16.6. The van der Waals surface area contributed by atoms with Crippen molar-refractivity contribution >= 4 is 53.1 Å².